The number of alkyl halides is 1. The van der Waals surface area contributed by atoms with Gasteiger partial charge in [-0.2, -0.15) is 0 Å². The Morgan fingerprint density at radius 1 is 1.26 bits per heavy atom. The van der Waals surface area contributed by atoms with Crippen molar-refractivity contribution in [2.24, 2.45) is 0 Å². The normalized spacial score (nSPS) is 13.6. The Morgan fingerprint density at radius 3 is 2.63 bits per heavy atom. The van der Waals surface area contributed by atoms with E-state index in [4.69, 9.17) is 16.3 Å². The van der Waals surface area contributed by atoms with E-state index in [9.17, 15) is 0 Å². The van der Waals surface area contributed by atoms with E-state index < -0.39 is 5.54 Å². The van der Waals surface area contributed by atoms with Gasteiger partial charge in [-0.05, 0) is 12.5 Å². The lowest BCUT2D eigenvalue weighted by Crippen LogP contribution is -2.34. The first-order chi connectivity index (χ1) is 9.18. The van der Waals surface area contributed by atoms with Gasteiger partial charge < -0.3 is 10.1 Å². The minimum Gasteiger partial charge on any atom is -0.481 e. The second-order valence-corrected chi connectivity index (χ2v) is 4.67. The molecule has 4 nitrogen and oxygen atoms in total. The number of hydrogen-bond acceptors (Lipinski definition) is 4. The molecule has 0 aliphatic carbocycles. The average molecular weight is 278 g/mol. The zero-order chi connectivity index (χ0) is 13.7. The third kappa shape index (κ3) is 3.15. The number of aromatic nitrogens is 2. The molecule has 0 fully saturated rings. The molecule has 5 heteroatoms. The largest absolute Gasteiger partial charge is 0.481 e. The van der Waals surface area contributed by atoms with Crippen LogP contribution >= 0.6 is 11.6 Å². The van der Waals surface area contributed by atoms with Gasteiger partial charge in [0.25, 0.3) is 0 Å². The monoisotopic (exact) mass is 277 g/mol. The predicted octanol–water partition coefficient (Wildman–Crippen LogP) is 3.05. The van der Waals surface area contributed by atoms with Crippen molar-refractivity contribution in [3.63, 3.8) is 0 Å². The number of ether oxygens (including phenoxy) is 1. The molecule has 0 spiro atoms. The van der Waals surface area contributed by atoms with Gasteiger partial charge in [0.05, 0.1) is 12.6 Å². The van der Waals surface area contributed by atoms with Crippen molar-refractivity contribution in [2.75, 3.05) is 18.3 Å². The molecule has 100 valence electrons. The molecule has 2 rings (SSSR count). The number of methoxy groups -OCH3 is 1. The summed E-state index contributed by atoms with van der Waals surface area (Å²) >= 11 is 6.13. The summed E-state index contributed by atoms with van der Waals surface area (Å²) in [6.07, 6.45) is 1.46. The highest BCUT2D eigenvalue weighted by atomic mass is 35.5. The summed E-state index contributed by atoms with van der Waals surface area (Å²) in [5.74, 6) is 1.62. The summed E-state index contributed by atoms with van der Waals surface area (Å²) in [5.41, 5.74) is 0.699. The Labute approximate surface area is 117 Å². The Hall–Kier alpha value is -1.81. The van der Waals surface area contributed by atoms with Crippen LogP contribution in [0, 0.1) is 0 Å². The standard InChI is InChI=1S/C14H16ClN3O/c1-14(9-15,11-6-4-3-5-7-11)18-12-8-13(19-2)17-10-16-12/h3-8,10H,9H2,1-2H3,(H,16,17,18). The Kier molecular flexibility index (Phi) is 4.22. The first-order valence-corrected chi connectivity index (χ1v) is 6.47. The third-order valence-corrected chi connectivity index (χ3v) is 3.47. The zero-order valence-corrected chi connectivity index (χ0v) is 11.7. The van der Waals surface area contributed by atoms with Crippen LogP contribution < -0.4 is 10.1 Å². The van der Waals surface area contributed by atoms with Gasteiger partial charge in [-0.15, -0.1) is 11.6 Å². The lowest BCUT2D eigenvalue weighted by Gasteiger charge is -2.29. The number of benzene rings is 1. The summed E-state index contributed by atoms with van der Waals surface area (Å²) in [6.45, 7) is 2.03. The minimum atomic E-state index is -0.401. The average Bonchev–Trinajstić information content (AvgIpc) is 2.48. The molecule has 1 atom stereocenters. The van der Waals surface area contributed by atoms with Crippen LogP contribution in [-0.2, 0) is 5.54 Å². The minimum absolute atomic E-state index is 0.401. The van der Waals surface area contributed by atoms with Crippen LogP contribution in [0.4, 0.5) is 5.82 Å². The molecule has 1 N–H and O–H groups in total. The van der Waals surface area contributed by atoms with E-state index in [-0.39, 0.29) is 0 Å². The van der Waals surface area contributed by atoms with Gasteiger partial charge in [-0.25, -0.2) is 9.97 Å². The quantitative estimate of drug-likeness (QED) is 0.854. The third-order valence-electron chi connectivity index (χ3n) is 2.93. The summed E-state index contributed by atoms with van der Waals surface area (Å²) in [4.78, 5) is 8.17. The number of rotatable bonds is 5. The SMILES string of the molecule is COc1cc(NC(C)(CCl)c2ccccc2)ncn1. The van der Waals surface area contributed by atoms with E-state index in [0.29, 0.717) is 17.6 Å². The predicted molar refractivity (Wildman–Crippen MR) is 76.7 cm³/mol. The van der Waals surface area contributed by atoms with Gasteiger partial charge in [0, 0.05) is 11.9 Å². The number of halogens is 1. The molecular formula is C14H16ClN3O. The summed E-state index contributed by atoms with van der Waals surface area (Å²) in [5, 5.41) is 3.33. The lowest BCUT2D eigenvalue weighted by molar-refractivity contribution is 0.397. The van der Waals surface area contributed by atoms with Crippen molar-refractivity contribution < 1.29 is 4.74 Å². The highest BCUT2D eigenvalue weighted by Crippen LogP contribution is 2.27. The van der Waals surface area contributed by atoms with Crippen molar-refractivity contribution in [1.29, 1.82) is 0 Å². The maximum absolute atomic E-state index is 6.13. The van der Waals surface area contributed by atoms with Crippen LogP contribution in [-0.4, -0.2) is 23.0 Å². The van der Waals surface area contributed by atoms with E-state index in [1.807, 2.05) is 37.3 Å². The van der Waals surface area contributed by atoms with E-state index in [1.165, 1.54) is 6.33 Å². The topological polar surface area (TPSA) is 47.0 Å². The summed E-state index contributed by atoms with van der Waals surface area (Å²) in [7, 11) is 1.57. The summed E-state index contributed by atoms with van der Waals surface area (Å²) < 4.78 is 5.08. The molecule has 0 aliphatic rings. The van der Waals surface area contributed by atoms with E-state index in [1.54, 1.807) is 13.2 Å². The van der Waals surface area contributed by atoms with Gasteiger partial charge in [-0.1, -0.05) is 30.3 Å². The Balaban J connectivity index is 2.27. The van der Waals surface area contributed by atoms with Gasteiger partial charge in [0.2, 0.25) is 5.88 Å². The fraction of sp³-hybridized carbons (Fsp3) is 0.286. The highest BCUT2D eigenvalue weighted by molar-refractivity contribution is 6.18. The summed E-state index contributed by atoms with van der Waals surface area (Å²) in [6, 6.07) is 11.8. The number of nitrogens with zero attached hydrogens (tertiary/aromatic N) is 2. The molecular weight excluding hydrogens is 262 g/mol. The molecule has 0 radical (unpaired) electrons. The van der Waals surface area contributed by atoms with Crippen molar-refractivity contribution in [3.8, 4) is 5.88 Å². The molecule has 1 unspecified atom stereocenters. The first kappa shape index (κ1) is 13.6. The maximum atomic E-state index is 6.13. The van der Waals surface area contributed by atoms with Gasteiger partial charge in [-0.3, -0.25) is 0 Å². The second-order valence-electron chi connectivity index (χ2n) is 4.40. The molecule has 1 heterocycles. The fourth-order valence-corrected chi connectivity index (χ4v) is 2.01. The van der Waals surface area contributed by atoms with Gasteiger partial charge in [0.1, 0.15) is 12.1 Å². The molecule has 2 aromatic rings. The van der Waals surface area contributed by atoms with Crippen LogP contribution in [0.1, 0.15) is 12.5 Å². The highest BCUT2D eigenvalue weighted by Gasteiger charge is 2.25. The van der Waals surface area contributed by atoms with E-state index in [0.717, 1.165) is 5.56 Å². The molecule has 1 aromatic carbocycles. The first-order valence-electron chi connectivity index (χ1n) is 5.93. The Morgan fingerprint density at radius 2 is 2.00 bits per heavy atom. The smallest absolute Gasteiger partial charge is 0.218 e. The zero-order valence-electron chi connectivity index (χ0n) is 10.9. The molecule has 1 aromatic heterocycles. The van der Waals surface area contributed by atoms with Gasteiger partial charge >= 0.3 is 0 Å². The van der Waals surface area contributed by atoms with Crippen LogP contribution in [0.3, 0.4) is 0 Å². The van der Waals surface area contributed by atoms with Crippen molar-refractivity contribution in [1.82, 2.24) is 9.97 Å². The van der Waals surface area contributed by atoms with Gasteiger partial charge in [0.15, 0.2) is 0 Å². The van der Waals surface area contributed by atoms with E-state index >= 15 is 0 Å². The van der Waals surface area contributed by atoms with E-state index in [2.05, 4.69) is 15.3 Å². The maximum Gasteiger partial charge on any atom is 0.218 e. The number of hydrogen-bond donors (Lipinski definition) is 1. The second kappa shape index (κ2) is 5.89. The van der Waals surface area contributed by atoms with Crippen LogP contribution in [0.5, 0.6) is 5.88 Å². The number of nitrogens with one attached hydrogen (secondary N) is 1. The molecule has 0 bridgehead atoms. The van der Waals surface area contributed by atoms with Crippen molar-refractivity contribution in [2.45, 2.75) is 12.5 Å². The van der Waals surface area contributed by atoms with Crippen molar-refractivity contribution in [3.05, 3.63) is 48.3 Å². The molecule has 0 amide bonds. The van der Waals surface area contributed by atoms with Crippen molar-refractivity contribution >= 4 is 17.4 Å². The van der Waals surface area contributed by atoms with Crippen LogP contribution in [0.15, 0.2) is 42.7 Å². The molecule has 19 heavy (non-hydrogen) atoms. The van der Waals surface area contributed by atoms with Crippen LogP contribution in [0.25, 0.3) is 0 Å². The molecule has 0 saturated heterocycles. The lowest BCUT2D eigenvalue weighted by atomic mass is 9.94. The van der Waals surface area contributed by atoms with Crippen LogP contribution in [0.2, 0.25) is 0 Å². The molecule has 0 aliphatic heterocycles. The Bertz CT molecular complexity index is 535. The molecule has 0 saturated carbocycles. The fourth-order valence-electron chi connectivity index (χ4n) is 1.79. The number of anilines is 1.